The van der Waals surface area contributed by atoms with Crippen LogP contribution >= 0.6 is 0 Å². The first-order valence-corrected chi connectivity index (χ1v) is 9.20. The van der Waals surface area contributed by atoms with E-state index < -0.39 is 0 Å². The number of hydrogen-bond donors (Lipinski definition) is 2. The quantitative estimate of drug-likeness (QED) is 0.406. The van der Waals surface area contributed by atoms with Gasteiger partial charge in [-0.1, -0.05) is 77.6 Å². The molecule has 21 heavy (non-hydrogen) atoms. The molecule has 3 nitrogen and oxygen atoms in total. The number of carbonyl (C=O) groups excluding carboxylic acids is 1. The lowest BCUT2D eigenvalue weighted by Gasteiger charge is -2.11. The third-order valence-corrected chi connectivity index (χ3v) is 4.18. The number of primary amides is 1. The fraction of sp³-hybridized carbons (Fsp3) is 0.944. The van der Waals surface area contributed by atoms with Gasteiger partial charge >= 0.3 is 0 Å². The highest BCUT2D eigenvalue weighted by atomic mass is 16.1. The highest BCUT2D eigenvalue weighted by Gasteiger charge is 2.02. The summed E-state index contributed by atoms with van der Waals surface area (Å²) in [7, 11) is 0. The Morgan fingerprint density at radius 1 is 0.762 bits per heavy atom. The van der Waals surface area contributed by atoms with Crippen LogP contribution in [0.1, 0.15) is 103 Å². The maximum absolute atomic E-state index is 10.6. The molecule has 0 aromatic carbocycles. The van der Waals surface area contributed by atoms with E-state index in [0.29, 0.717) is 12.5 Å². The van der Waals surface area contributed by atoms with Gasteiger partial charge in [0.2, 0.25) is 5.91 Å². The standard InChI is InChI=1S/C18H38N2O/c1-2-3-4-11-14-17(19)15-12-9-7-5-6-8-10-13-16-18(20)21/h17H,2-16,19H2,1H3,(H2,20,21)/t17-/m0/s1. The van der Waals surface area contributed by atoms with Crippen molar-refractivity contribution >= 4 is 5.91 Å². The molecule has 0 rings (SSSR count). The van der Waals surface area contributed by atoms with Crippen LogP contribution in [0.15, 0.2) is 0 Å². The second-order valence-electron chi connectivity index (χ2n) is 6.44. The smallest absolute Gasteiger partial charge is 0.217 e. The first-order valence-electron chi connectivity index (χ1n) is 9.20. The van der Waals surface area contributed by atoms with E-state index in [0.717, 1.165) is 12.8 Å². The molecular formula is C18H38N2O. The number of rotatable bonds is 16. The molecule has 0 aromatic heterocycles. The molecule has 0 saturated carbocycles. The number of carbonyl (C=O) groups is 1. The van der Waals surface area contributed by atoms with Crippen molar-refractivity contribution in [2.24, 2.45) is 11.5 Å². The number of unbranched alkanes of at least 4 members (excludes halogenated alkanes) is 10. The zero-order chi connectivity index (χ0) is 15.8. The monoisotopic (exact) mass is 298 g/mol. The Labute approximate surface area is 132 Å². The predicted molar refractivity (Wildman–Crippen MR) is 92.1 cm³/mol. The van der Waals surface area contributed by atoms with Crippen molar-refractivity contribution in [3.63, 3.8) is 0 Å². The molecule has 0 aromatic rings. The molecular weight excluding hydrogens is 260 g/mol. The second kappa shape index (κ2) is 15.8. The van der Waals surface area contributed by atoms with Gasteiger partial charge in [-0.25, -0.2) is 0 Å². The van der Waals surface area contributed by atoms with Crippen molar-refractivity contribution in [1.29, 1.82) is 0 Å². The van der Waals surface area contributed by atoms with Gasteiger partial charge in [-0.05, 0) is 19.3 Å². The topological polar surface area (TPSA) is 69.1 Å². The fourth-order valence-corrected chi connectivity index (χ4v) is 2.74. The number of nitrogens with two attached hydrogens (primary N) is 2. The lowest BCUT2D eigenvalue weighted by atomic mass is 10.0. The highest BCUT2D eigenvalue weighted by molar-refractivity contribution is 5.73. The summed E-state index contributed by atoms with van der Waals surface area (Å²) in [5.41, 5.74) is 11.2. The summed E-state index contributed by atoms with van der Waals surface area (Å²) >= 11 is 0. The van der Waals surface area contributed by atoms with Crippen LogP contribution in [0.5, 0.6) is 0 Å². The van der Waals surface area contributed by atoms with Crippen molar-refractivity contribution in [2.75, 3.05) is 0 Å². The molecule has 0 saturated heterocycles. The Morgan fingerprint density at radius 3 is 1.67 bits per heavy atom. The average Bonchev–Trinajstić information content (AvgIpc) is 2.45. The lowest BCUT2D eigenvalue weighted by Crippen LogP contribution is -2.19. The molecule has 0 unspecified atom stereocenters. The number of amides is 1. The van der Waals surface area contributed by atoms with E-state index >= 15 is 0 Å². The van der Waals surface area contributed by atoms with Gasteiger partial charge in [0.25, 0.3) is 0 Å². The third-order valence-electron chi connectivity index (χ3n) is 4.18. The molecule has 0 heterocycles. The zero-order valence-electron chi connectivity index (χ0n) is 14.2. The Balaban J connectivity index is 3.12. The van der Waals surface area contributed by atoms with Crippen LogP contribution in [0.4, 0.5) is 0 Å². The molecule has 1 atom stereocenters. The molecule has 0 bridgehead atoms. The van der Waals surface area contributed by atoms with Gasteiger partial charge in [0.05, 0.1) is 0 Å². The van der Waals surface area contributed by atoms with Gasteiger partial charge in [0, 0.05) is 12.5 Å². The van der Waals surface area contributed by atoms with Gasteiger partial charge in [-0.2, -0.15) is 0 Å². The van der Waals surface area contributed by atoms with Gasteiger partial charge < -0.3 is 11.5 Å². The first kappa shape index (κ1) is 20.4. The first-order chi connectivity index (χ1) is 10.2. The Morgan fingerprint density at radius 2 is 1.19 bits per heavy atom. The molecule has 0 aliphatic rings. The van der Waals surface area contributed by atoms with E-state index in [1.165, 1.54) is 77.0 Å². The van der Waals surface area contributed by atoms with Crippen LogP contribution in [-0.4, -0.2) is 11.9 Å². The van der Waals surface area contributed by atoms with E-state index in [2.05, 4.69) is 6.92 Å². The molecule has 0 aliphatic heterocycles. The van der Waals surface area contributed by atoms with E-state index in [4.69, 9.17) is 11.5 Å². The minimum atomic E-state index is -0.166. The predicted octanol–water partition coefficient (Wildman–Crippen LogP) is 4.67. The Hall–Kier alpha value is -0.570. The van der Waals surface area contributed by atoms with Crippen LogP contribution in [-0.2, 0) is 4.79 Å². The van der Waals surface area contributed by atoms with Gasteiger partial charge in [0.15, 0.2) is 0 Å². The van der Waals surface area contributed by atoms with Crippen LogP contribution < -0.4 is 11.5 Å². The Kier molecular flexibility index (Phi) is 15.4. The van der Waals surface area contributed by atoms with E-state index in [9.17, 15) is 4.79 Å². The SMILES string of the molecule is CCCCCC[C@H](N)CCCCCCCCCCC(N)=O. The largest absolute Gasteiger partial charge is 0.370 e. The van der Waals surface area contributed by atoms with Gasteiger partial charge in [0.1, 0.15) is 0 Å². The van der Waals surface area contributed by atoms with Crippen molar-refractivity contribution in [1.82, 2.24) is 0 Å². The van der Waals surface area contributed by atoms with E-state index in [-0.39, 0.29) is 5.91 Å². The maximum atomic E-state index is 10.6. The van der Waals surface area contributed by atoms with Crippen LogP contribution in [0.2, 0.25) is 0 Å². The molecule has 1 amide bonds. The van der Waals surface area contributed by atoms with E-state index in [1.54, 1.807) is 0 Å². The van der Waals surface area contributed by atoms with Crippen LogP contribution in [0.25, 0.3) is 0 Å². The van der Waals surface area contributed by atoms with Crippen molar-refractivity contribution < 1.29 is 4.79 Å². The normalized spacial score (nSPS) is 12.5. The van der Waals surface area contributed by atoms with E-state index in [1.807, 2.05) is 0 Å². The molecule has 3 heteroatoms. The van der Waals surface area contributed by atoms with Crippen molar-refractivity contribution in [3.05, 3.63) is 0 Å². The average molecular weight is 299 g/mol. The Bertz CT molecular complexity index is 231. The summed E-state index contributed by atoms with van der Waals surface area (Å²) in [6.45, 7) is 2.25. The molecule has 0 spiro atoms. The minimum Gasteiger partial charge on any atom is -0.370 e. The lowest BCUT2D eigenvalue weighted by molar-refractivity contribution is -0.118. The summed E-state index contributed by atoms with van der Waals surface area (Å²) in [5.74, 6) is -0.166. The van der Waals surface area contributed by atoms with Crippen LogP contribution in [0, 0.1) is 0 Å². The fourth-order valence-electron chi connectivity index (χ4n) is 2.74. The molecule has 0 radical (unpaired) electrons. The third kappa shape index (κ3) is 17.4. The molecule has 126 valence electrons. The summed E-state index contributed by atoms with van der Waals surface area (Å²) < 4.78 is 0. The summed E-state index contributed by atoms with van der Waals surface area (Å²) in [6.07, 6.45) is 18.2. The molecule has 0 fully saturated rings. The zero-order valence-corrected chi connectivity index (χ0v) is 14.2. The molecule has 0 aliphatic carbocycles. The van der Waals surface area contributed by atoms with Crippen molar-refractivity contribution in [2.45, 2.75) is 109 Å². The minimum absolute atomic E-state index is 0.166. The molecule has 4 N–H and O–H groups in total. The van der Waals surface area contributed by atoms with Gasteiger partial charge in [-0.3, -0.25) is 4.79 Å². The van der Waals surface area contributed by atoms with Crippen LogP contribution in [0.3, 0.4) is 0 Å². The maximum Gasteiger partial charge on any atom is 0.217 e. The highest BCUT2D eigenvalue weighted by Crippen LogP contribution is 2.13. The van der Waals surface area contributed by atoms with Crippen molar-refractivity contribution in [3.8, 4) is 0 Å². The number of hydrogen-bond acceptors (Lipinski definition) is 2. The second-order valence-corrected chi connectivity index (χ2v) is 6.44. The van der Waals surface area contributed by atoms with Gasteiger partial charge in [-0.15, -0.1) is 0 Å². The summed E-state index contributed by atoms with van der Waals surface area (Å²) in [6, 6.07) is 0.427. The summed E-state index contributed by atoms with van der Waals surface area (Å²) in [4.78, 5) is 10.6. The summed E-state index contributed by atoms with van der Waals surface area (Å²) in [5, 5.41) is 0.